The van der Waals surface area contributed by atoms with E-state index in [4.69, 9.17) is 4.42 Å². The van der Waals surface area contributed by atoms with Gasteiger partial charge in [0.25, 0.3) is 5.56 Å². The lowest BCUT2D eigenvalue weighted by Crippen LogP contribution is -2.09. The highest BCUT2D eigenvalue weighted by Gasteiger charge is 2.18. The Hall–Kier alpha value is -3.17. The van der Waals surface area contributed by atoms with Gasteiger partial charge >= 0.3 is 0 Å². The first-order valence-electron chi connectivity index (χ1n) is 8.43. The van der Waals surface area contributed by atoms with Crippen molar-refractivity contribution in [3.8, 4) is 17.3 Å². The van der Waals surface area contributed by atoms with Gasteiger partial charge in [0, 0.05) is 5.69 Å². The number of hydrogen-bond acceptors (Lipinski definition) is 7. The van der Waals surface area contributed by atoms with Crippen molar-refractivity contribution in [3.63, 3.8) is 0 Å². The van der Waals surface area contributed by atoms with Gasteiger partial charge in [-0.05, 0) is 35.7 Å². The number of nitrogens with zero attached hydrogens (tertiary/aromatic N) is 4. The van der Waals surface area contributed by atoms with Gasteiger partial charge in [0.1, 0.15) is 10.5 Å². The van der Waals surface area contributed by atoms with Crippen LogP contribution in [0, 0.1) is 0 Å². The van der Waals surface area contributed by atoms with E-state index in [1.54, 1.807) is 6.26 Å². The molecule has 5 rings (SSSR count). The Morgan fingerprint density at radius 2 is 2.00 bits per heavy atom. The van der Waals surface area contributed by atoms with Crippen LogP contribution < -0.4 is 5.56 Å². The van der Waals surface area contributed by atoms with E-state index in [9.17, 15) is 4.79 Å². The highest BCUT2D eigenvalue weighted by molar-refractivity contribution is 7.98. The Kier molecular flexibility index (Phi) is 4.30. The lowest BCUT2D eigenvalue weighted by molar-refractivity contribution is 0.575. The van der Waals surface area contributed by atoms with Crippen LogP contribution in [0.3, 0.4) is 0 Å². The summed E-state index contributed by atoms with van der Waals surface area (Å²) in [7, 11) is 0. The van der Waals surface area contributed by atoms with Crippen LogP contribution in [0.4, 0.5) is 0 Å². The van der Waals surface area contributed by atoms with E-state index in [2.05, 4.69) is 20.2 Å². The van der Waals surface area contributed by atoms with Gasteiger partial charge in [-0.25, -0.2) is 4.98 Å². The molecule has 0 aliphatic carbocycles. The molecule has 1 aromatic carbocycles. The molecule has 9 heteroatoms. The monoisotopic (exact) mass is 407 g/mol. The Morgan fingerprint density at radius 1 is 1.11 bits per heavy atom. The number of rotatable bonds is 5. The van der Waals surface area contributed by atoms with Crippen LogP contribution >= 0.6 is 23.1 Å². The smallest absolute Gasteiger partial charge is 0.268 e. The molecule has 0 aliphatic rings. The number of aromatic amines is 1. The van der Waals surface area contributed by atoms with Crippen molar-refractivity contribution in [1.82, 2.24) is 24.7 Å². The van der Waals surface area contributed by atoms with Crippen LogP contribution in [0.5, 0.6) is 0 Å². The van der Waals surface area contributed by atoms with Gasteiger partial charge in [-0.3, -0.25) is 9.36 Å². The second-order valence-corrected chi connectivity index (χ2v) is 7.75. The summed E-state index contributed by atoms with van der Waals surface area (Å²) < 4.78 is 8.10. The number of H-pyrrole nitrogens is 1. The number of hydrogen-bond donors (Lipinski definition) is 1. The number of benzene rings is 1. The molecule has 4 heterocycles. The quantitative estimate of drug-likeness (QED) is 0.441. The third-order valence-electron chi connectivity index (χ3n) is 4.09. The van der Waals surface area contributed by atoms with Crippen molar-refractivity contribution in [2.75, 3.05) is 0 Å². The average molecular weight is 407 g/mol. The first kappa shape index (κ1) is 17.0. The van der Waals surface area contributed by atoms with Gasteiger partial charge in [-0.15, -0.1) is 21.5 Å². The standard InChI is InChI=1S/C19H13N5O2S2/c25-18-16-13(8-10-27-16)20-15(21-18)11-28-19-23-22-17(14-7-4-9-26-14)24(19)12-5-2-1-3-6-12/h1-10H,11H2,(H,20,21,25). The van der Waals surface area contributed by atoms with Crippen molar-refractivity contribution in [2.24, 2.45) is 0 Å². The summed E-state index contributed by atoms with van der Waals surface area (Å²) in [4.78, 5) is 19.6. The molecule has 0 fully saturated rings. The van der Waals surface area contributed by atoms with Crippen molar-refractivity contribution in [1.29, 1.82) is 0 Å². The molecule has 0 saturated heterocycles. The molecular weight excluding hydrogens is 394 g/mol. The minimum absolute atomic E-state index is 0.114. The van der Waals surface area contributed by atoms with Gasteiger partial charge in [-0.2, -0.15) is 0 Å². The summed E-state index contributed by atoms with van der Waals surface area (Å²) in [6, 6.07) is 15.4. The fourth-order valence-corrected chi connectivity index (χ4v) is 4.41. The van der Waals surface area contributed by atoms with Crippen LogP contribution in [0.1, 0.15) is 5.82 Å². The van der Waals surface area contributed by atoms with Crippen molar-refractivity contribution in [2.45, 2.75) is 10.9 Å². The maximum atomic E-state index is 12.2. The Balaban J connectivity index is 1.52. The Bertz CT molecular complexity index is 1290. The van der Waals surface area contributed by atoms with Crippen molar-refractivity contribution < 1.29 is 4.42 Å². The van der Waals surface area contributed by atoms with Crippen LogP contribution in [0.15, 0.2) is 74.5 Å². The van der Waals surface area contributed by atoms with Gasteiger partial charge in [0.2, 0.25) is 5.82 Å². The zero-order chi connectivity index (χ0) is 18.9. The van der Waals surface area contributed by atoms with E-state index in [1.807, 2.05) is 58.5 Å². The van der Waals surface area contributed by atoms with E-state index in [-0.39, 0.29) is 5.56 Å². The summed E-state index contributed by atoms with van der Waals surface area (Å²) in [5, 5.41) is 11.2. The zero-order valence-electron chi connectivity index (χ0n) is 14.4. The zero-order valence-corrected chi connectivity index (χ0v) is 16.0. The molecule has 0 aliphatic heterocycles. The first-order valence-corrected chi connectivity index (χ1v) is 10.3. The second-order valence-electron chi connectivity index (χ2n) is 5.89. The summed E-state index contributed by atoms with van der Waals surface area (Å²) in [6.45, 7) is 0. The maximum Gasteiger partial charge on any atom is 0.268 e. The van der Waals surface area contributed by atoms with E-state index >= 15 is 0 Å². The molecular formula is C19H13N5O2S2. The number of fused-ring (bicyclic) bond motifs is 1. The van der Waals surface area contributed by atoms with Gasteiger partial charge in [0.15, 0.2) is 10.9 Å². The summed E-state index contributed by atoms with van der Waals surface area (Å²) in [5.41, 5.74) is 1.53. The lowest BCUT2D eigenvalue weighted by Gasteiger charge is -2.08. The van der Waals surface area contributed by atoms with Crippen LogP contribution in [-0.4, -0.2) is 24.7 Å². The average Bonchev–Trinajstić information content (AvgIpc) is 3.46. The molecule has 138 valence electrons. The lowest BCUT2D eigenvalue weighted by atomic mass is 10.3. The second kappa shape index (κ2) is 7.10. The molecule has 7 nitrogen and oxygen atoms in total. The summed E-state index contributed by atoms with van der Waals surface area (Å²) in [6.07, 6.45) is 1.61. The van der Waals surface area contributed by atoms with Crippen LogP contribution in [-0.2, 0) is 5.75 Å². The topological polar surface area (TPSA) is 89.6 Å². The SMILES string of the molecule is O=c1[nH]c(CSc2nnc(-c3ccco3)n2-c2ccccc2)nc2ccsc12. The van der Waals surface area contributed by atoms with Gasteiger partial charge in [-0.1, -0.05) is 30.0 Å². The van der Waals surface area contributed by atoms with Gasteiger partial charge in [0.05, 0.1) is 17.5 Å². The molecule has 0 spiro atoms. The Morgan fingerprint density at radius 3 is 2.82 bits per heavy atom. The fraction of sp³-hybridized carbons (Fsp3) is 0.0526. The minimum atomic E-state index is -0.114. The van der Waals surface area contributed by atoms with E-state index in [1.165, 1.54) is 23.1 Å². The molecule has 5 aromatic rings. The highest BCUT2D eigenvalue weighted by atomic mass is 32.2. The molecule has 28 heavy (non-hydrogen) atoms. The van der Waals surface area contributed by atoms with Crippen molar-refractivity contribution in [3.05, 3.63) is 76.4 Å². The minimum Gasteiger partial charge on any atom is -0.461 e. The fourth-order valence-electron chi connectivity index (χ4n) is 2.86. The number of thiophene rings is 1. The van der Waals surface area contributed by atoms with Crippen LogP contribution in [0.2, 0.25) is 0 Å². The number of nitrogens with one attached hydrogen (secondary N) is 1. The normalized spacial score (nSPS) is 11.3. The molecule has 4 aromatic heterocycles. The third kappa shape index (κ3) is 3.04. The van der Waals surface area contributed by atoms with Gasteiger partial charge < -0.3 is 9.40 Å². The molecule has 0 atom stereocenters. The Labute approximate surface area is 167 Å². The summed E-state index contributed by atoms with van der Waals surface area (Å²) >= 11 is 2.84. The molecule has 0 radical (unpaired) electrons. The molecule has 0 saturated carbocycles. The largest absolute Gasteiger partial charge is 0.461 e. The number of para-hydroxylation sites is 1. The van der Waals surface area contributed by atoms with Crippen molar-refractivity contribution >= 4 is 33.3 Å². The van der Waals surface area contributed by atoms with E-state index in [0.29, 0.717) is 38.5 Å². The van der Waals surface area contributed by atoms with E-state index < -0.39 is 0 Å². The number of thioether (sulfide) groups is 1. The first-order chi connectivity index (χ1) is 13.8. The molecule has 0 bridgehead atoms. The molecule has 0 amide bonds. The predicted octanol–water partition coefficient (Wildman–Crippen LogP) is 4.12. The van der Waals surface area contributed by atoms with E-state index in [0.717, 1.165) is 5.69 Å². The number of aromatic nitrogens is 5. The maximum absolute atomic E-state index is 12.2. The van der Waals surface area contributed by atoms with Crippen LogP contribution in [0.25, 0.3) is 27.5 Å². The summed E-state index contributed by atoms with van der Waals surface area (Å²) in [5.74, 6) is 2.32. The number of furan rings is 1. The third-order valence-corrected chi connectivity index (χ3v) is 5.93. The molecule has 1 N–H and O–H groups in total. The highest BCUT2D eigenvalue weighted by Crippen LogP contribution is 2.29. The predicted molar refractivity (Wildman–Crippen MR) is 109 cm³/mol. The molecule has 0 unspecified atom stereocenters.